The Morgan fingerprint density at radius 1 is 0.957 bits per heavy atom. The van der Waals surface area contributed by atoms with Crippen molar-refractivity contribution in [3.8, 4) is 11.5 Å². The van der Waals surface area contributed by atoms with Crippen molar-refractivity contribution in [3.63, 3.8) is 0 Å². The van der Waals surface area contributed by atoms with Crippen LogP contribution in [0.25, 0.3) is 0 Å². The van der Waals surface area contributed by atoms with Crippen LogP contribution in [0.5, 0.6) is 11.5 Å². The lowest BCUT2D eigenvalue weighted by molar-refractivity contribution is -0.142. The molecule has 46 heavy (non-hydrogen) atoms. The van der Waals surface area contributed by atoms with Gasteiger partial charge >= 0.3 is 5.97 Å². The van der Waals surface area contributed by atoms with Crippen molar-refractivity contribution >= 4 is 40.8 Å². The number of aliphatic carboxylic acids is 1. The maximum atomic E-state index is 12.0. The van der Waals surface area contributed by atoms with Crippen molar-refractivity contribution in [1.82, 2.24) is 16.0 Å². The minimum Gasteiger partial charge on any atom is -0.490 e. The van der Waals surface area contributed by atoms with Crippen molar-refractivity contribution in [3.05, 3.63) is 91.9 Å². The first-order chi connectivity index (χ1) is 22.1. The number of hydrogen-bond acceptors (Lipinski definition) is 6. The number of ether oxygens (including phenoxy) is 2. The Kier molecular flexibility index (Phi) is 14.2. The van der Waals surface area contributed by atoms with Crippen LogP contribution in [-0.2, 0) is 17.9 Å². The number of benzene rings is 3. The van der Waals surface area contributed by atoms with Gasteiger partial charge in [0, 0.05) is 30.7 Å². The van der Waals surface area contributed by atoms with Gasteiger partial charge in [-0.3, -0.25) is 4.79 Å². The number of piperidine rings is 1. The van der Waals surface area contributed by atoms with Crippen molar-refractivity contribution in [1.29, 1.82) is 0 Å². The van der Waals surface area contributed by atoms with Crippen LogP contribution in [0.4, 0.5) is 8.78 Å². The highest BCUT2D eigenvalue weighted by molar-refractivity contribution is 6.37. The minimum atomic E-state index is -2.31. The van der Waals surface area contributed by atoms with E-state index in [1.54, 1.807) is 12.1 Å². The number of halogens is 5. The molecule has 2 atom stereocenters. The molecule has 3 aromatic carbocycles. The topological polar surface area (TPSA) is 91.9 Å². The zero-order valence-electron chi connectivity index (χ0n) is 25.6. The van der Waals surface area contributed by atoms with Crippen LogP contribution in [0.2, 0.25) is 15.1 Å². The molecule has 3 aromatic rings. The van der Waals surface area contributed by atoms with Crippen LogP contribution < -0.4 is 25.4 Å². The number of aryl methyl sites for hydroxylation is 1. The fourth-order valence-electron chi connectivity index (χ4n) is 5.20. The summed E-state index contributed by atoms with van der Waals surface area (Å²) in [6.45, 7) is 4.79. The van der Waals surface area contributed by atoms with Crippen LogP contribution in [-0.4, -0.2) is 56.4 Å². The van der Waals surface area contributed by atoms with E-state index in [1.807, 2.05) is 49.4 Å². The van der Waals surface area contributed by atoms with E-state index in [0.29, 0.717) is 53.9 Å². The molecule has 0 radical (unpaired) electrons. The monoisotopic (exact) mass is 697 g/mol. The molecule has 0 bridgehead atoms. The summed E-state index contributed by atoms with van der Waals surface area (Å²) in [5.41, 5.74) is 4.00. The average molecular weight is 699 g/mol. The van der Waals surface area contributed by atoms with Crippen LogP contribution >= 0.6 is 34.8 Å². The number of hydrogen-bond donors (Lipinski definition) is 4. The molecule has 2 aliphatic rings. The van der Waals surface area contributed by atoms with Crippen LogP contribution in [0, 0.1) is 12.8 Å². The summed E-state index contributed by atoms with van der Waals surface area (Å²) in [5, 5.41) is 20.3. The summed E-state index contributed by atoms with van der Waals surface area (Å²) in [7, 11) is 0. The first-order valence-corrected chi connectivity index (χ1v) is 16.5. The molecule has 1 aliphatic heterocycles. The summed E-state index contributed by atoms with van der Waals surface area (Å²) in [6.07, 6.45) is 0.956. The third-order valence-electron chi connectivity index (χ3n) is 7.75. The molecule has 1 heterocycles. The molecule has 250 valence electrons. The molecule has 0 spiro atoms. The van der Waals surface area contributed by atoms with Crippen molar-refractivity contribution in [2.75, 3.05) is 32.8 Å². The molecule has 1 aliphatic carbocycles. The zero-order valence-corrected chi connectivity index (χ0v) is 27.9. The molecule has 2 fully saturated rings. The Morgan fingerprint density at radius 3 is 2.30 bits per heavy atom. The lowest BCUT2D eigenvalue weighted by Gasteiger charge is -2.29. The second-order valence-electron chi connectivity index (χ2n) is 11.5. The summed E-state index contributed by atoms with van der Waals surface area (Å²) < 4.78 is 35.4. The largest absolute Gasteiger partial charge is 0.490 e. The molecule has 7 nitrogen and oxygen atoms in total. The molecule has 1 saturated carbocycles. The SMILES string of the molecule is Cc1cc(Cl)c(OCCOc2ccc([C@H]3CCNC[C@@H]3C(=O)O)cc2)c(Cl)c1.FC(F)CNCc1ccc(Cl)c(CNC2CC2)c1. The third-order valence-corrected chi connectivity index (χ3v) is 8.68. The zero-order chi connectivity index (χ0) is 33.1. The first kappa shape index (κ1) is 36.2. The second-order valence-corrected chi connectivity index (χ2v) is 12.7. The van der Waals surface area contributed by atoms with Crippen LogP contribution in [0.1, 0.15) is 47.4 Å². The van der Waals surface area contributed by atoms with Gasteiger partial charge in [0.15, 0.2) is 5.75 Å². The van der Waals surface area contributed by atoms with Crippen molar-refractivity contribution < 1.29 is 28.2 Å². The number of carbonyl (C=O) groups is 1. The lowest BCUT2D eigenvalue weighted by atomic mass is 9.81. The van der Waals surface area contributed by atoms with E-state index < -0.39 is 18.3 Å². The van der Waals surface area contributed by atoms with Gasteiger partial charge in [-0.25, -0.2) is 8.78 Å². The van der Waals surface area contributed by atoms with E-state index >= 15 is 0 Å². The van der Waals surface area contributed by atoms with Gasteiger partial charge in [-0.05, 0) is 91.2 Å². The predicted octanol–water partition coefficient (Wildman–Crippen LogP) is 7.48. The van der Waals surface area contributed by atoms with Gasteiger partial charge in [-0.2, -0.15) is 0 Å². The molecule has 0 unspecified atom stereocenters. The summed E-state index contributed by atoms with van der Waals surface area (Å²) in [4.78, 5) is 11.5. The number of carboxylic acids is 1. The average Bonchev–Trinajstić information content (AvgIpc) is 3.85. The van der Waals surface area contributed by atoms with E-state index in [1.165, 1.54) is 12.8 Å². The van der Waals surface area contributed by atoms with Gasteiger partial charge < -0.3 is 30.5 Å². The smallest absolute Gasteiger partial charge is 0.308 e. The molecule has 5 rings (SSSR count). The van der Waals surface area contributed by atoms with Gasteiger partial charge in [-0.15, -0.1) is 0 Å². The van der Waals surface area contributed by atoms with Gasteiger partial charge in [-0.1, -0.05) is 59.1 Å². The van der Waals surface area contributed by atoms with E-state index in [9.17, 15) is 18.7 Å². The molecular weight excluding hydrogens is 659 g/mol. The highest BCUT2D eigenvalue weighted by atomic mass is 35.5. The standard InChI is InChI=1S/C21H23Cl2NO4.C13H17ClF2N2/c1-13-10-18(22)20(19(23)11-13)28-9-8-27-15-4-2-14(3-5-15)16-6-7-24-12-17(16)21(25)26;14-12-4-1-9(6-17-8-13(15)16)5-10(12)7-18-11-2-3-11/h2-5,10-11,16-17,24H,6-9,12H2,1H3,(H,25,26);1,4-5,11,13,17-18H,2-3,6-8H2/t16-,17+;/m1./s1. The Morgan fingerprint density at radius 2 is 1.65 bits per heavy atom. The van der Waals surface area contributed by atoms with Gasteiger partial charge in [0.1, 0.15) is 19.0 Å². The maximum Gasteiger partial charge on any atom is 0.308 e. The lowest BCUT2D eigenvalue weighted by Crippen LogP contribution is -2.39. The van der Waals surface area contributed by atoms with E-state index in [-0.39, 0.29) is 12.5 Å². The van der Waals surface area contributed by atoms with Gasteiger partial charge in [0.25, 0.3) is 6.43 Å². The summed E-state index contributed by atoms with van der Waals surface area (Å²) in [5.74, 6) is 0.00995. The van der Waals surface area contributed by atoms with E-state index in [2.05, 4.69) is 16.0 Å². The number of carboxylic acid groups (broad SMARTS) is 1. The fourth-order valence-corrected chi connectivity index (χ4v) is 6.09. The molecular formula is C34H40Cl3F2N3O4. The molecule has 0 aromatic heterocycles. The molecule has 0 amide bonds. The van der Waals surface area contributed by atoms with Crippen molar-refractivity contribution in [2.45, 2.75) is 57.7 Å². The van der Waals surface area contributed by atoms with E-state index in [0.717, 1.165) is 46.8 Å². The Labute approximate surface area is 283 Å². The summed E-state index contributed by atoms with van der Waals surface area (Å²) >= 11 is 18.4. The van der Waals surface area contributed by atoms with Gasteiger partial charge in [0.05, 0.1) is 22.5 Å². The molecule has 4 N–H and O–H groups in total. The third kappa shape index (κ3) is 11.5. The minimum absolute atomic E-state index is 0.0157. The molecule has 12 heteroatoms. The highest BCUT2D eigenvalue weighted by Crippen LogP contribution is 2.34. The fraction of sp³-hybridized carbons (Fsp3) is 0.441. The number of nitrogens with one attached hydrogen (secondary N) is 3. The quantitative estimate of drug-likeness (QED) is 0.130. The summed E-state index contributed by atoms with van der Waals surface area (Å²) in [6, 6.07) is 17.5. The maximum absolute atomic E-state index is 12.0. The van der Waals surface area contributed by atoms with Crippen LogP contribution in [0.3, 0.4) is 0 Å². The Hall–Kier alpha value is -2.66. The number of rotatable bonds is 14. The highest BCUT2D eigenvalue weighted by Gasteiger charge is 2.31. The van der Waals surface area contributed by atoms with E-state index in [4.69, 9.17) is 44.3 Å². The first-order valence-electron chi connectivity index (χ1n) is 15.3. The number of alkyl halides is 2. The van der Waals surface area contributed by atoms with Gasteiger partial charge in [0.2, 0.25) is 0 Å². The second kappa shape index (κ2) is 18.0. The normalized spacial score (nSPS) is 17.7. The van der Waals surface area contributed by atoms with Crippen LogP contribution in [0.15, 0.2) is 54.6 Å². The molecule has 1 saturated heterocycles. The van der Waals surface area contributed by atoms with Crippen molar-refractivity contribution in [2.24, 2.45) is 5.92 Å². The Bertz CT molecular complexity index is 1400. The predicted molar refractivity (Wildman–Crippen MR) is 179 cm³/mol. The Balaban J connectivity index is 0.000000230.